The SMILES string of the molecule is O=C(COC(=O)c1cc(-c2ccc(Cl)s2)nc2ccccc12)Nc1ccc(C(F)(F)F)cc1. The number of esters is 1. The number of nitrogens with one attached hydrogen (secondary N) is 1. The third-order valence-electron chi connectivity index (χ3n) is 4.59. The topological polar surface area (TPSA) is 68.3 Å². The number of anilines is 1. The molecule has 0 radical (unpaired) electrons. The van der Waals surface area contributed by atoms with Crippen LogP contribution < -0.4 is 5.32 Å². The Morgan fingerprint density at radius 3 is 2.42 bits per heavy atom. The van der Waals surface area contributed by atoms with Gasteiger partial charge in [-0.2, -0.15) is 13.2 Å². The summed E-state index contributed by atoms with van der Waals surface area (Å²) in [6, 6.07) is 16.0. The predicted octanol–water partition coefficient (Wildman–Crippen LogP) is 6.43. The van der Waals surface area contributed by atoms with E-state index in [-0.39, 0.29) is 11.3 Å². The van der Waals surface area contributed by atoms with E-state index >= 15 is 0 Å². The molecule has 0 bridgehead atoms. The molecule has 2 heterocycles. The third kappa shape index (κ3) is 5.32. The third-order valence-corrected chi connectivity index (χ3v) is 5.85. The van der Waals surface area contributed by atoms with Crippen LogP contribution in [-0.4, -0.2) is 23.5 Å². The van der Waals surface area contributed by atoms with E-state index in [2.05, 4.69) is 10.3 Å². The zero-order valence-corrected chi connectivity index (χ0v) is 18.2. The average molecular weight is 491 g/mol. The fourth-order valence-corrected chi connectivity index (χ4v) is 4.07. The standard InChI is InChI=1S/C23H14ClF3N2O3S/c24-20-10-9-19(33-20)18-11-16(15-3-1-2-4-17(15)29-18)22(31)32-12-21(30)28-14-7-5-13(6-8-14)23(25,26)27/h1-11H,12H2,(H,28,30). The first-order chi connectivity index (χ1) is 15.7. The van der Waals surface area contributed by atoms with Crippen molar-refractivity contribution in [3.05, 3.63) is 82.2 Å². The van der Waals surface area contributed by atoms with Crippen molar-refractivity contribution in [1.82, 2.24) is 4.98 Å². The summed E-state index contributed by atoms with van der Waals surface area (Å²) in [6.45, 7) is -0.614. The van der Waals surface area contributed by atoms with Crippen LogP contribution >= 0.6 is 22.9 Å². The molecule has 0 spiro atoms. The van der Waals surface area contributed by atoms with Crippen molar-refractivity contribution in [2.45, 2.75) is 6.18 Å². The number of hydrogen-bond donors (Lipinski definition) is 1. The lowest BCUT2D eigenvalue weighted by atomic mass is 10.1. The Morgan fingerprint density at radius 1 is 1.03 bits per heavy atom. The quantitative estimate of drug-likeness (QED) is 0.327. The lowest BCUT2D eigenvalue weighted by molar-refractivity contribution is -0.137. The molecule has 4 aromatic rings. The van der Waals surface area contributed by atoms with Crippen LogP contribution in [0, 0.1) is 0 Å². The van der Waals surface area contributed by atoms with Gasteiger partial charge in [-0.05, 0) is 48.5 Å². The van der Waals surface area contributed by atoms with Crippen LogP contribution in [0.4, 0.5) is 18.9 Å². The van der Waals surface area contributed by atoms with Crippen molar-refractivity contribution in [3.8, 4) is 10.6 Å². The molecule has 0 atom stereocenters. The second kappa shape index (κ2) is 9.21. The van der Waals surface area contributed by atoms with Crippen LogP contribution in [0.2, 0.25) is 4.34 Å². The number of amides is 1. The predicted molar refractivity (Wildman–Crippen MR) is 120 cm³/mol. The van der Waals surface area contributed by atoms with Gasteiger partial charge in [0.15, 0.2) is 6.61 Å². The minimum atomic E-state index is -4.47. The van der Waals surface area contributed by atoms with Gasteiger partial charge < -0.3 is 10.1 Å². The number of halogens is 4. The van der Waals surface area contributed by atoms with Gasteiger partial charge >= 0.3 is 12.1 Å². The summed E-state index contributed by atoms with van der Waals surface area (Å²) in [5.74, 6) is -1.42. The minimum Gasteiger partial charge on any atom is -0.452 e. The van der Waals surface area contributed by atoms with Crippen LogP contribution in [0.5, 0.6) is 0 Å². The molecule has 0 fully saturated rings. The lowest BCUT2D eigenvalue weighted by Crippen LogP contribution is -2.21. The largest absolute Gasteiger partial charge is 0.452 e. The number of nitrogens with zero attached hydrogens (tertiary/aromatic N) is 1. The van der Waals surface area contributed by atoms with Gasteiger partial charge in [0.1, 0.15) is 0 Å². The Kier molecular flexibility index (Phi) is 6.35. The normalized spacial score (nSPS) is 11.4. The Hall–Kier alpha value is -3.43. The van der Waals surface area contributed by atoms with Crippen molar-refractivity contribution >= 4 is 51.4 Å². The molecule has 0 saturated heterocycles. The number of benzene rings is 2. The molecule has 2 aromatic heterocycles. The number of rotatable bonds is 5. The molecule has 168 valence electrons. The molecule has 5 nitrogen and oxygen atoms in total. The van der Waals surface area contributed by atoms with Crippen LogP contribution in [0.15, 0.2) is 66.7 Å². The van der Waals surface area contributed by atoms with Crippen molar-refractivity contribution in [1.29, 1.82) is 0 Å². The number of fused-ring (bicyclic) bond motifs is 1. The van der Waals surface area contributed by atoms with E-state index < -0.39 is 30.2 Å². The van der Waals surface area contributed by atoms with E-state index in [4.69, 9.17) is 16.3 Å². The number of ether oxygens (including phenoxy) is 1. The number of hydrogen-bond acceptors (Lipinski definition) is 5. The first-order valence-electron chi connectivity index (χ1n) is 9.50. The zero-order valence-electron chi connectivity index (χ0n) is 16.7. The maximum absolute atomic E-state index is 12.8. The van der Waals surface area contributed by atoms with Crippen LogP contribution in [0.1, 0.15) is 15.9 Å². The molecule has 0 aliphatic heterocycles. The van der Waals surface area contributed by atoms with Crippen molar-refractivity contribution in [2.24, 2.45) is 0 Å². The highest BCUT2D eigenvalue weighted by molar-refractivity contribution is 7.19. The number of aromatic nitrogens is 1. The highest BCUT2D eigenvalue weighted by Gasteiger charge is 2.30. The molecule has 0 aliphatic rings. The van der Waals surface area contributed by atoms with E-state index in [1.807, 2.05) is 0 Å². The van der Waals surface area contributed by atoms with Crippen molar-refractivity contribution in [3.63, 3.8) is 0 Å². The summed E-state index contributed by atoms with van der Waals surface area (Å²) in [7, 11) is 0. The zero-order chi connectivity index (χ0) is 23.6. The second-order valence-electron chi connectivity index (χ2n) is 6.88. The summed E-state index contributed by atoms with van der Waals surface area (Å²) < 4.78 is 43.7. The molecule has 1 N–H and O–H groups in total. The van der Waals surface area contributed by atoms with Gasteiger partial charge in [-0.1, -0.05) is 29.8 Å². The summed E-state index contributed by atoms with van der Waals surface area (Å²) in [4.78, 5) is 30.3. The maximum Gasteiger partial charge on any atom is 0.416 e. The fraction of sp³-hybridized carbons (Fsp3) is 0.0870. The number of pyridine rings is 1. The summed E-state index contributed by atoms with van der Waals surface area (Å²) in [5.41, 5.74) is 0.643. The first kappa shape index (κ1) is 22.8. The number of thiophene rings is 1. The number of alkyl halides is 3. The van der Waals surface area contributed by atoms with Crippen LogP contribution in [0.3, 0.4) is 0 Å². The molecule has 33 heavy (non-hydrogen) atoms. The molecule has 2 aromatic carbocycles. The molecular formula is C23H14ClF3N2O3S. The summed E-state index contributed by atoms with van der Waals surface area (Å²) in [5, 5.41) is 2.95. The van der Waals surface area contributed by atoms with Crippen molar-refractivity contribution < 1.29 is 27.5 Å². The van der Waals surface area contributed by atoms with Crippen molar-refractivity contribution in [2.75, 3.05) is 11.9 Å². The average Bonchev–Trinajstić information content (AvgIpc) is 3.23. The highest BCUT2D eigenvalue weighted by atomic mass is 35.5. The van der Waals surface area contributed by atoms with E-state index in [0.717, 1.165) is 29.1 Å². The fourth-order valence-electron chi connectivity index (χ4n) is 3.07. The number of carbonyl (C=O) groups excluding carboxylic acids is 2. The van der Waals surface area contributed by atoms with E-state index in [1.54, 1.807) is 42.5 Å². The van der Waals surface area contributed by atoms with Gasteiger partial charge in [0.25, 0.3) is 5.91 Å². The molecule has 0 saturated carbocycles. The Balaban J connectivity index is 1.49. The Labute approximate surface area is 194 Å². The number of para-hydroxylation sites is 1. The second-order valence-corrected chi connectivity index (χ2v) is 8.59. The van der Waals surface area contributed by atoms with Gasteiger partial charge in [-0.25, -0.2) is 9.78 Å². The molecule has 0 aliphatic carbocycles. The first-order valence-corrected chi connectivity index (χ1v) is 10.7. The van der Waals surface area contributed by atoms with Crippen LogP contribution in [0.25, 0.3) is 21.5 Å². The number of carbonyl (C=O) groups is 2. The molecular weight excluding hydrogens is 477 g/mol. The Bertz CT molecular complexity index is 1340. The summed E-state index contributed by atoms with van der Waals surface area (Å²) in [6.07, 6.45) is -4.47. The lowest BCUT2D eigenvalue weighted by Gasteiger charge is -2.11. The summed E-state index contributed by atoms with van der Waals surface area (Å²) >= 11 is 7.32. The highest BCUT2D eigenvalue weighted by Crippen LogP contribution is 2.33. The maximum atomic E-state index is 12.8. The van der Waals surface area contributed by atoms with Gasteiger partial charge in [0, 0.05) is 11.1 Å². The van der Waals surface area contributed by atoms with E-state index in [9.17, 15) is 22.8 Å². The minimum absolute atomic E-state index is 0.148. The molecule has 0 unspecified atom stereocenters. The van der Waals surface area contributed by atoms with Gasteiger partial charge in [-0.3, -0.25) is 4.79 Å². The molecule has 10 heteroatoms. The monoisotopic (exact) mass is 490 g/mol. The van der Waals surface area contributed by atoms with E-state index in [1.165, 1.54) is 11.3 Å². The molecule has 1 amide bonds. The smallest absolute Gasteiger partial charge is 0.416 e. The van der Waals surface area contributed by atoms with Gasteiger partial charge in [-0.15, -0.1) is 11.3 Å². The molecule has 4 rings (SSSR count). The van der Waals surface area contributed by atoms with E-state index in [0.29, 0.717) is 20.9 Å². The van der Waals surface area contributed by atoms with Gasteiger partial charge in [0.2, 0.25) is 0 Å². The van der Waals surface area contributed by atoms with Crippen LogP contribution in [-0.2, 0) is 15.7 Å². The Morgan fingerprint density at radius 2 is 1.76 bits per heavy atom. The van der Waals surface area contributed by atoms with Gasteiger partial charge in [0.05, 0.1) is 31.6 Å².